The molecule has 2 aliphatic rings. The van der Waals surface area contributed by atoms with E-state index in [-0.39, 0.29) is 17.3 Å². The summed E-state index contributed by atoms with van der Waals surface area (Å²) in [4.78, 5) is 18.3. The maximum absolute atomic E-state index is 13.8. The van der Waals surface area contributed by atoms with Gasteiger partial charge in [-0.15, -0.1) is 0 Å². The Morgan fingerprint density at radius 2 is 2.18 bits per heavy atom. The Morgan fingerprint density at radius 1 is 1.46 bits per heavy atom. The highest BCUT2D eigenvalue weighted by atomic mass is 19.1. The van der Waals surface area contributed by atoms with E-state index in [0.29, 0.717) is 6.04 Å². The minimum absolute atomic E-state index is 0.166. The quantitative estimate of drug-likeness (QED) is 0.732. The number of carbonyl (C=O) groups is 1. The molecule has 3 rings (SSSR count). The molecule has 28 heavy (non-hydrogen) atoms. The van der Waals surface area contributed by atoms with E-state index in [1.54, 1.807) is 11.1 Å². The van der Waals surface area contributed by atoms with Gasteiger partial charge in [-0.1, -0.05) is 6.58 Å². The molecule has 0 bridgehead atoms. The number of hydrogen-bond donors (Lipinski definition) is 1. The molecule has 1 aliphatic heterocycles. The average Bonchev–Trinajstić information content (AvgIpc) is 2.99. The number of aryl methyl sites for hydroxylation is 1. The smallest absolute Gasteiger partial charge is 0.410 e. The number of nitrogens with one attached hydrogen (secondary N) is 1. The summed E-state index contributed by atoms with van der Waals surface area (Å²) >= 11 is 0. The molecule has 152 valence electrons. The van der Waals surface area contributed by atoms with Crippen LogP contribution in [0.25, 0.3) is 6.08 Å². The van der Waals surface area contributed by atoms with Crippen LogP contribution in [0.3, 0.4) is 0 Å². The predicted molar refractivity (Wildman–Crippen MR) is 110 cm³/mol. The van der Waals surface area contributed by atoms with E-state index in [1.807, 2.05) is 33.8 Å². The van der Waals surface area contributed by atoms with E-state index in [1.165, 1.54) is 12.2 Å². The Bertz CT molecular complexity index is 791. The fourth-order valence-corrected chi connectivity index (χ4v) is 4.14. The summed E-state index contributed by atoms with van der Waals surface area (Å²) in [5, 5.41) is 3.57. The van der Waals surface area contributed by atoms with Crippen molar-refractivity contribution in [2.75, 3.05) is 18.4 Å². The number of nitrogens with zero attached hydrogens (tertiary/aromatic N) is 2. The molecule has 1 saturated heterocycles. The number of carbonyl (C=O) groups excluding carboxylic acids is 1. The van der Waals surface area contributed by atoms with Crippen LogP contribution in [0.2, 0.25) is 0 Å². The fraction of sp³-hybridized carbons (Fsp3) is 0.545. The zero-order chi connectivity index (χ0) is 20.5. The van der Waals surface area contributed by atoms with Crippen molar-refractivity contribution in [3.63, 3.8) is 0 Å². The van der Waals surface area contributed by atoms with E-state index in [4.69, 9.17) is 4.74 Å². The molecule has 1 unspecified atom stereocenters. The van der Waals surface area contributed by atoms with E-state index in [2.05, 4.69) is 16.9 Å². The van der Waals surface area contributed by atoms with Crippen LogP contribution in [0.1, 0.15) is 51.3 Å². The molecule has 1 aromatic heterocycles. The second-order valence-electron chi connectivity index (χ2n) is 9.01. The molecule has 6 heteroatoms. The van der Waals surface area contributed by atoms with Crippen LogP contribution in [0.5, 0.6) is 0 Å². The normalized spacial score (nSPS) is 21.4. The average molecular weight is 387 g/mol. The molecule has 1 amide bonds. The predicted octanol–water partition coefficient (Wildman–Crippen LogP) is 5.09. The van der Waals surface area contributed by atoms with Crippen LogP contribution in [0.15, 0.2) is 30.7 Å². The summed E-state index contributed by atoms with van der Waals surface area (Å²) in [7, 11) is 0. The largest absolute Gasteiger partial charge is 0.444 e. The van der Waals surface area contributed by atoms with Gasteiger partial charge >= 0.3 is 6.09 Å². The van der Waals surface area contributed by atoms with Crippen molar-refractivity contribution in [2.45, 2.75) is 58.6 Å². The zero-order valence-electron chi connectivity index (χ0n) is 17.2. The molecule has 1 saturated carbocycles. The lowest BCUT2D eigenvalue weighted by Gasteiger charge is -2.48. The molecule has 2 fully saturated rings. The Morgan fingerprint density at radius 3 is 2.82 bits per heavy atom. The van der Waals surface area contributed by atoms with Crippen molar-refractivity contribution in [3.8, 4) is 0 Å². The summed E-state index contributed by atoms with van der Waals surface area (Å²) < 4.78 is 19.2. The van der Waals surface area contributed by atoms with Crippen molar-refractivity contribution in [1.29, 1.82) is 0 Å². The number of ether oxygens (including phenoxy) is 1. The Balaban J connectivity index is 1.62. The standard InChI is InChI=1S/C22H30FN3O2/c1-6-16(23)11-18-15(2)24-10-8-19(18)25-17-7-9-22(12-17)13-26(14-22)20(27)28-21(3,4)5/h6,8,10-11,17H,1,7,9,12-14H2,2-5H3,(H,24,25)/b16-11+. The number of hydrogen-bond acceptors (Lipinski definition) is 4. The number of pyridine rings is 1. The van der Waals surface area contributed by atoms with Gasteiger partial charge in [0.05, 0.1) is 0 Å². The van der Waals surface area contributed by atoms with Gasteiger partial charge in [0.1, 0.15) is 11.4 Å². The van der Waals surface area contributed by atoms with Crippen LogP contribution >= 0.6 is 0 Å². The van der Waals surface area contributed by atoms with Gasteiger partial charge in [0, 0.05) is 47.7 Å². The van der Waals surface area contributed by atoms with Crippen molar-refractivity contribution in [2.24, 2.45) is 5.41 Å². The van der Waals surface area contributed by atoms with E-state index >= 15 is 0 Å². The lowest BCUT2D eigenvalue weighted by atomic mass is 9.78. The van der Waals surface area contributed by atoms with E-state index in [0.717, 1.165) is 49.3 Å². The zero-order valence-corrected chi connectivity index (χ0v) is 17.2. The van der Waals surface area contributed by atoms with Crippen molar-refractivity contribution >= 4 is 17.9 Å². The maximum atomic E-state index is 13.8. The van der Waals surface area contributed by atoms with Crippen molar-refractivity contribution < 1.29 is 13.9 Å². The van der Waals surface area contributed by atoms with Crippen LogP contribution in [0.4, 0.5) is 14.9 Å². The summed E-state index contributed by atoms with van der Waals surface area (Å²) in [6.45, 7) is 12.5. The van der Waals surface area contributed by atoms with Gasteiger partial charge in [0.25, 0.3) is 0 Å². The third-order valence-electron chi connectivity index (χ3n) is 5.43. The second kappa shape index (κ2) is 7.57. The van der Waals surface area contributed by atoms with Crippen LogP contribution in [0, 0.1) is 12.3 Å². The minimum Gasteiger partial charge on any atom is -0.444 e. The van der Waals surface area contributed by atoms with Gasteiger partial charge in [0.15, 0.2) is 0 Å². The number of allylic oxidation sites excluding steroid dienone is 2. The Labute approximate surface area is 166 Å². The second-order valence-corrected chi connectivity index (χ2v) is 9.01. The first kappa shape index (κ1) is 20.4. The third-order valence-corrected chi connectivity index (χ3v) is 5.43. The molecule has 1 atom stereocenters. The monoisotopic (exact) mass is 387 g/mol. The highest BCUT2D eigenvalue weighted by molar-refractivity contribution is 5.71. The van der Waals surface area contributed by atoms with Gasteiger partial charge in [-0.3, -0.25) is 4.98 Å². The molecule has 0 aromatic carbocycles. The molecular weight excluding hydrogens is 357 g/mol. The van der Waals surface area contributed by atoms with Crippen molar-refractivity contribution in [1.82, 2.24) is 9.88 Å². The molecular formula is C22H30FN3O2. The molecule has 1 N–H and O–H groups in total. The molecule has 2 heterocycles. The Hall–Kier alpha value is -2.37. The molecule has 1 aliphatic carbocycles. The summed E-state index contributed by atoms with van der Waals surface area (Å²) in [5.41, 5.74) is 2.11. The number of anilines is 1. The highest BCUT2D eigenvalue weighted by Crippen LogP contribution is 2.47. The lowest BCUT2D eigenvalue weighted by Crippen LogP contribution is -2.58. The number of halogens is 1. The minimum atomic E-state index is -0.469. The highest BCUT2D eigenvalue weighted by Gasteiger charge is 2.50. The van der Waals surface area contributed by atoms with Gasteiger partial charge in [-0.2, -0.15) is 0 Å². The molecule has 1 spiro atoms. The molecule has 0 radical (unpaired) electrons. The number of rotatable bonds is 4. The number of amides is 1. The van der Waals surface area contributed by atoms with Gasteiger partial charge in [-0.25, -0.2) is 9.18 Å². The van der Waals surface area contributed by atoms with Crippen LogP contribution in [-0.2, 0) is 4.74 Å². The van der Waals surface area contributed by atoms with Gasteiger partial charge < -0.3 is 15.0 Å². The first-order valence-electron chi connectivity index (χ1n) is 9.80. The van der Waals surface area contributed by atoms with Gasteiger partial charge in [0.2, 0.25) is 0 Å². The van der Waals surface area contributed by atoms with Crippen molar-refractivity contribution in [3.05, 3.63) is 42.0 Å². The van der Waals surface area contributed by atoms with E-state index < -0.39 is 5.60 Å². The van der Waals surface area contributed by atoms with Crippen LogP contribution in [-0.4, -0.2) is 40.7 Å². The van der Waals surface area contributed by atoms with E-state index in [9.17, 15) is 9.18 Å². The van der Waals surface area contributed by atoms with Crippen LogP contribution < -0.4 is 5.32 Å². The summed E-state index contributed by atoms with van der Waals surface area (Å²) in [6.07, 6.45) is 7.25. The first-order chi connectivity index (χ1) is 13.1. The van der Waals surface area contributed by atoms with Gasteiger partial charge in [-0.05, 0) is 65.2 Å². The number of aromatic nitrogens is 1. The lowest BCUT2D eigenvalue weighted by molar-refractivity contribution is -0.0321. The summed E-state index contributed by atoms with van der Waals surface area (Å²) in [5.74, 6) is -0.381. The fourth-order valence-electron chi connectivity index (χ4n) is 4.14. The third kappa shape index (κ3) is 4.54. The molecule has 1 aromatic rings. The maximum Gasteiger partial charge on any atom is 0.410 e. The topological polar surface area (TPSA) is 54.5 Å². The SMILES string of the molecule is C=C/C(F)=C\c1c(NC2CCC3(C2)CN(C(=O)OC(C)(C)C)C3)ccnc1C. The first-order valence-corrected chi connectivity index (χ1v) is 9.80. The Kier molecular flexibility index (Phi) is 5.50. The molecule has 5 nitrogen and oxygen atoms in total. The summed E-state index contributed by atoms with van der Waals surface area (Å²) in [6, 6.07) is 2.18. The number of likely N-dealkylation sites (tertiary alicyclic amines) is 1.